The Labute approximate surface area is 119 Å². The Kier molecular flexibility index (Phi) is 5.04. The van der Waals surface area contributed by atoms with Crippen LogP contribution in [0.15, 0.2) is 18.2 Å². The largest absolute Gasteiger partial charge is 0.480 e. The average Bonchev–Trinajstić information content (AvgIpc) is 2.34. The van der Waals surface area contributed by atoms with Gasteiger partial charge < -0.3 is 10.4 Å². The Hall–Kier alpha value is -2.15. The number of carboxylic acid groups (broad SMARTS) is 1. The van der Waals surface area contributed by atoms with E-state index in [1.807, 2.05) is 0 Å². The standard InChI is InChI=1S/C12H13ClN2O5/c1-6(2)10(12(17)18)14-11(16)8-5-7(13)3-4-9(8)15(19)20/h3-6,10H,1-2H3,(H,14,16)(H,17,18)/t10-/m1/s1. The molecule has 0 spiro atoms. The van der Waals surface area contributed by atoms with Gasteiger partial charge in [-0.25, -0.2) is 4.79 Å². The zero-order chi connectivity index (χ0) is 15.4. The van der Waals surface area contributed by atoms with Crippen LogP contribution >= 0.6 is 11.6 Å². The summed E-state index contributed by atoms with van der Waals surface area (Å²) in [5.41, 5.74) is -0.700. The first-order valence-corrected chi connectivity index (χ1v) is 6.09. The molecule has 0 unspecified atom stereocenters. The molecule has 8 heteroatoms. The summed E-state index contributed by atoms with van der Waals surface area (Å²) in [6.45, 7) is 3.23. The van der Waals surface area contributed by atoms with Gasteiger partial charge in [-0.3, -0.25) is 14.9 Å². The first-order valence-electron chi connectivity index (χ1n) is 5.71. The normalized spacial score (nSPS) is 12.0. The Morgan fingerprint density at radius 2 is 2.00 bits per heavy atom. The van der Waals surface area contributed by atoms with Crippen LogP contribution in [0.25, 0.3) is 0 Å². The van der Waals surface area contributed by atoms with Gasteiger partial charge in [-0.1, -0.05) is 25.4 Å². The van der Waals surface area contributed by atoms with Crippen molar-refractivity contribution in [2.45, 2.75) is 19.9 Å². The number of halogens is 1. The topological polar surface area (TPSA) is 110 Å². The van der Waals surface area contributed by atoms with Gasteiger partial charge in [0.1, 0.15) is 11.6 Å². The van der Waals surface area contributed by atoms with E-state index in [0.29, 0.717) is 0 Å². The van der Waals surface area contributed by atoms with Gasteiger partial charge in [0.2, 0.25) is 0 Å². The molecule has 0 heterocycles. The maximum atomic E-state index is 12.0. The number of nitrogens with zero attached hydrogens (tertiary/aromatic N) is 1. The highest BCUT2D eigenvalue weighted by Gasteiger charge is 2.27. The number of rotatable bonds is 5. The highest BCUT2D eigenvalue weighted by Crippen LogP contribution is 2.23. The van der Waals surface area contributed by atoms with Gasteiger partial charge in [0.15, 0.2) is 0 Å². The number of nitro groups is 1. The Morgan fingerprint density at radius 3 is 2.45 bits per heavy atom. The lowest BCUT2D eigenvalue weighted by atomic mass is 10.0. The Morgan fingerprint density at radius 1 is 1.40 bits per heavy atom. The van der Waals surface area contributed by atoms with Crippen LogP contribution in [0.1, 0.15) is 24.2 Å². The van der Waals surface area contributed by atoms with Gasteiger partial charge in [-0.15, -0.1) is 0 Å². The van der Waals surface area contributed by atoms with Crippen molar-refractivity contribution in [1.29, 1.82) is 0 Å². The van der Waals surface area contributed by atoms with E-state index < -0.39 is 28.5 Å². The highest BCUT2D eigenvalue weighted by atomic mass is 35.5. The fourth-order valence-electron chi connectivity index (χ4n) is 1.58. The number of amides is 1. The fraction of sp³-hybridized carbons (Fsp3) is 0.333. The highest BCUT2D eigenvalue weighted by molar-refractivity contribution is 6.31. The molecule has 0 aliphatic rings. The van der Waals surface area contributed by atoms with E-state index in [1.165, 1.54) is 6.07 Å². The summed E-state index contributed by atoms with van der Waals surface area (Å²) < 4.78 is 0. The second kappa shape index (κ2) is 6.33. The number of nitrogens with one attached hydrogen (secondary N) is 1. The molecule has 1 aromatic rings. The predicted molar refractivity (Wildman–Crippen MR) is 71.8 cm³/mol. The maximum absolute atomic E-state index is 12.0. The molecule has 2 N–H and O–H groups in total. The lowest BCUT2D eigenvalue weighted by molar-refractivity contribution is -0.385. The maximum Gasteiger partial charge on any atom is 0.326 e. The third-order valence-corrected chi connectivity index (χ3v) is 2.85. The molecule has 1 rings (SSSR count). The van der Waals surface area contributed by atoms with Gasteiger partial charge in [0.25, 0.3) is 11.6 Å². The number of hydrogen-bond acceptors (Lipinski definition) is 4. The van der Waals surface area contributed by atoms with Crippen LogP contribution < -0.4 is 5.32 Å². The molecule has 0 saturated heterocycles. The molecule has 1 aromatic carbocycles. The van der Waals surface area contributed by atoms with Crippen molar-refractivity contribution in [2.75, 3.05) is 0 Å². The van der Waals surface area contributed by atoms with Crippen molar-refractivity contribution in [3.05, 3.63) is 38.9 Å². The van der Waals surface area contributed by atoms with Crippen molar-refractivity contribution in [2.24, 2.45) is 5.92 Å². The van der Waals surface area contributed by atoms with Crippen LogP contribution in [0.2, 0.25) is 5.02 Å². The molecule has 0 bridgehead atoms. The number of benzene rings is 1. The van der Waals surface area contributed by atoms with Crippen LogP contribution in [-0.2, 0) is 4.79 Å². The molecule has 0 aliphatic carbocycles. The number of carbonyl (C=O) groups is 2. The minimum absolute atomic E-state index is 0.150. The predicted octanol–water partition coefficient (Wildman–Crippen LogP) is 2.09. The van der Waals surface area contributed by atoms with Gasteiger partial charge >= 0.3 is 5.97 Å². The SMILES string of the molecule is CC(C)[C@@H](NC(=O)c1cc(Cl)ccc1[N+](=O)[O-])C(=O)O. The summed E-state index contributed by atoms with van der Waals surface area (Å²) >= 11 is 5.71. The third-order valence-electron chi connectivity index (χ3n) is 2.62. The van der Waals surface area contributed by atoms with Gasteiger partial charge in [0, 0.05) is 11.1 Å². The average molecular weight is 301 g/mol. The zero-order valence-corrected chi connectivity index (χ0v) is 11.5. The summed E-state index contributed by atoms with van der Waals surface area (Å²) in [6, 6.07) is 2.38. The van der Waals surface area contributed by atoms with Crippen LogP contribution in [0, 0.1) is 16.0 Å². The van der Waals surface area contributed by atoms with Gasteiger partial charge in [-0.05, 0) is 18.1 Å². The second-order valence-corrected chi connectivity index (χ2v) is 4.89. The van der Waals surface area contributed by atoms with Crippen LogP contribution in [0.3, 0.4) is 0 Å². The van der Waals surface area contributed by atoms with E-state index in [4.69, 9.17) is 16.7 Å². The molecular formula is C12H13ClN2O5. The van der Waals surface area contributed by atoms with E-state index in [-0.39, 0.29) is 16.5 Å². The first kappa shape index (κ1) is 15.9. The molecule has 1 amide bonds. The molecule has 0 aliphatic heterocycles. The summed E-state index contributed by atoms with van der Waals surface area (Å²) in [4.78, 5) is 33.2. The number of carboxylic acids is 1. The fourth-order valence-corrected chi connectivity index (χ4v) is 1.75. The van der Waals surface area contributed by atoms with E-state index >= 15 is 0 Å². The summed E-state index contributed by atoms with van der Waals surface area (Å²) in [7, 11) is 0. The number of carbonyl (C=O) groups excluding carboxylic acids is 1. The van der Waals surface area contributed by atoms with Crippen molar-refractivity contribution >= 4 is 29.2 Å². The molecule has 0 radical (unpaired) electrons. The van der Waals surface area contributed by atoms with Gasteiger partial charge in [0.05, 0.1) is 4.92 Å². The van der Waals surface area contributed by atoms with Crippen molar-refractivity contribution in [1.82, 2.24) is 5.32 Å². The van der Waals surface area contributed by atoms with E-state index in [0.717, 1.165) is 12.1 Å². The zero-order valence-electron chi connectivity index (χ0n) is 10.8. The van der Waals surface area contributed by atoms with Crippen LogP contribution in [0.4, 0.5) is 5.69 Å². The van der Waals surface area contributed by atoms with E-state index in [2.05, 4.69) is 5.32 Å². The molecule has 20 heavy (non-hydrogen) atoms. The smallest absolute Gasteiger partial charge is 0.326 e. The first-order chi connectivity index (χ1) is 9.23. The number of aliphatic carboxylic acids is 1. The van der Waals surface area contributed by atoms with E-state index in [1.54, 1.807) is 13.8 Å². The molecule has 0 fully saturated rings. The van der Waals surface area contributed by atoms with Crippen LogP contribution in [0.5, 0.6) is 0 Å². The monoisotopic (exact) mass is 300 g/mol. The molecule has 108 valence electrons. The molecule has 0 saturated carbocycles. The molecule has 7 nitrogen and oxygen atoms in total. The molecule has 0 aromatic heterocycles. The lowest BCUT2D eigenvalue weighted by Crippen LogP contribution is -2.44. The second-order valence-electron chi connectivity index (χ2n) is 4.45. The Balaban J connectivity index is 3.11. The quantitative estimate of drug-likeness (QED) is 0.639. The summed E-state index contributed by atoms with van der Waals surface area (Å²) in [5, 5.41) is 22.3. The number of nitro benzene ring substituents is 1. The van der Waals surface area contributed by atoms with Gasteiger partial charge in [-0.2, -0.15) is 0 Å². The van der Waals surface area contributed by atoms with Crippen LogP contribution in [-0.4, -0.2) is 27.9 Å². The molecule has 1 atom stereocenters. The lowest BCUT2D eigenvalue weighted by Gasteiger charge is -2.17. The summed E-state index contributed by atoms with van der Waals surface area (Å²) in [6.07, 6.45) is 0. The van der Waals surface area contributed by atoms with E-state index in [9.17, 15) is 19.7 Å². The third kappa shape index (κ3) is 3.67. The molecular weight excluding hydrogens is 288 g/mol. The van der Waals surface area contributed by atoms with Crippen molar-refractivity contribution < 1.29 is 19.6 Å². The minimum Gasteiger partial charge on any atom is -0.480 e. The number of hydrogen-bond donors (Lipinski definition) is 2. The Bertz CT molecular complexity index is 559. The van der Waals surface area contributed by atoms with Crippen molar-refractivity contribution in [3.8, 4) is 0 Å². The van der Waals surface area contributed by atoms with Crippen molar-refractivity contribution in [3.63, 3.8) is 0 Å². The minimum atomic E-state index is -1.21. The summed E-state index contributed by atoms with van der Waals surface area (Å²) in [5.74, 6) is -2.42.